The summed E-state index contributed by atoms with van der Waals surface area (Å²) in [5.41, 5.74) is 4.23. The number of pyridine rings is 2. The molecule has 1 amide bonds. The van der Waals surface area contributed by atoms with Crippen molar-refractivity contribution < 1.29 is 27.5 Å². The van der Waals surface area contributed by atoms with Crippen LogP contribution >= 0.6 is 11.6 Å². The topological polar surface area (TPSA) is 107 Å². The number of esters is 1. The standard InChI is InChI=1S/C20H14ClF3N4O3/c1-31-19(30)17-15(21)12(25)9-14(27-17)10-5-2-3-7-13(10)28-18(29)16-11(20(22,23)24)6-4-8-26-16/h2-9H,1H3,(H2,25,27)(H,28,29). The van der Waals surface area contributed by atoms with Crippen molar-refractivity contribution in [2.75, 3.05) is 18.2 Å². The number of rotatable bonds is 4. The van der Waals surface area contributed by atoms with Crippen molar-refractivity contribution in [1.29, 1.82) is 0 Å². The number of carbonyl (C=O) groups excluding carboxylic acids is 2. The van der Waals surface area contributed by atoms with Crippen molar-refractivity contribution in [3.63, 3.8) is 0 Å². The Morgan fingerprint density at radius 2 is 1.84 bits per heavy atom. The van der Waals surface area contributed by atoms with Gasteiger partial charge in [-0.2, -0.15) is 13.2 Å². The Kier molecular flexibility index (Phi) is 6.11. The maximum atomic E-state index is 13.2. The molecule has 0 aliphatic rings. The summed E-state index contributed by atoms with van der Waals surface area (Å²) in [5, 5.41) is 2.29. The van der Waals surface area contributed by atoms with E-state index in [4.69, 9.17) is 17.3 Å². The van der Waals surface area contributed by atoms with Gasteiger partial charge in [0.1, 0.15) is 5.69 Å². The van der Waals surface area contributed by atoms with Crippen molar-refractivity contribution in [1.82, 2.24) is 9.97 Å². The zero-order chi connectivity index (χ0) is 22.8. The van der Waals surface area contributed by atoms with Gasteiger partial charge < -0.3 is 15.8 Å². The lowest BCUT2D eigenvalue weighted by Gasteiger charge is -2.14. The number of benzene rings is 1. The van der Waals surface area contributed by atoms with Gasteiger partial charge >= 0.3 is 12.1 Å². The second kappa shape index (κ2) is 8.60. The molecule has 0 fully saturated rings. The molecule has 0 saturated carbocycles. The van der Waals surface area contributed by atoms with Crippen molar-refractivity contribution in [2.24, 2.45) is 0 Å². The molecule has 2 heterocycles. The minimum atomic E-state index is -4.76. The third kappa shape index (κ3) is 4.58. The molecular formula is C20H14ClF3N4O3. The summed E-state index contributed by atoms with van der Waals surface area (Å²) >= 11 is 6.02. The number of anilines is 2. The lowest BCUT2D eigenvalue weighted by molar-refractivity contribution is -0.138. The van der Waals surface area contributed by atoms with Crippen LogP contribution in [0.15, 0.2) is 48.7 Å². The van der Waals surface area contributed by atoms with Gasteiger partial charge in [-0.3, -0.25) is 9.78 Å². The molecule has 160 valence electrons. The van der Waals surface area contributed by atoms with E-state index in [2.05, 4.69) is 20.0 Å². The molecule has 0 aliphatic heterocycles. The SMILES string of the molecule is COC(=O)c1nc(-c2ccccc2NC(=O)c2ncccc2C(F)(F)F)cc(N)c1Cl. The van der Waals surface area contributed by atoms with E-state index in [9.17, 15) is 22.8 Å². The molecule has 0 bridgehead atoms. The molecule has 0 atom stereocenters. The smallest absolute Gasteiger partial charge is 0.418 e. The van der Waals surface area contributed by atoms with Crippen LogP contribution in [0.25, 0.3) is 11.3 Å². The number of para-hydroxylation sites is 1. The van der Waals surface area contributed by atoms with Crippen LogP contribution < -0.4 is 11.1 Å². The Hall–Kier alpha value is -3.66. The van der Waals surface area contributed by atoms with E-state index in [-0.39, 0.29) is 33.3 Å². The zero-order valence-electron chi connectivity index (χ0n) is 15.8. The first-order valence-corrected chi connectivity index (χ1v) is 8.98. The van der Waals surface area contributed by atoms with E-state index in [1.807, 2.05) is 0 Å². The van der Waals surface area contributed by atoms with Gasteiger partial charge in [0.2, 0.25) is 0 Å². The number of nitrogens with zero attached hydrogens (tertiary/aromatic N) is 2. The normalized spacial score (nSPS) is 11.1. The summed E-state index contributed by atoms with van der Waals surface area (Å²) < 4.78 is 44.3. The third-order valence-corrected chi connectivity index (χ3v) is 4.54. The van der Waals surface area contributed by atoms with E-state index in [1.165, 1.54) is 18.2 Å². The van der Waals surface area contributed by atoms with Crippen LogP contribution in [0.2, 0.25) is 5.02 Å². The number of nitrogen functional groups attached to an aromatic ring is 1. The first-order valence-electron chi connectivity index (χ1n) is 8.60. The van der Waals surface area contributed by atoms with E-state index < -0.39 is 29.3 Å². The second-order valence-electron chi connectivity index (χ2n) is 6.15. The lowest BCUT2D eigenvalue weighted by Crippen LogP contribution is -2.20. The molecule has 3 N–H and O–H groups in total. The maximum absolute atomic E-state index is 13.2. The first kappa shape index (κ1) is 22.0. The van der Waals surface area contributed by atoms with Crippen LogP contribution in [0.5, 0.6) is 0 Å². The number of ether oxygens (including phenoxy) is 1. The summed E-state index contributed by atoms with van der Waals surface area (Å²) in [6.45, 7) is 0. The molecular weight excluding hydrogens is 437 g/mol. The molecule has 31 heavy (non-hydrogen) atoms. The van der Waals surface area contributed by atoms with Gasteiger partial charge in [-0.15, -0.1) is 0 Å². The highest BCUT2D eigenvalue weighted by Crippen LogP contribution is 2.34. The minimum absolute atomic E-state index is 0.0253. The molecule has 0 saturated heterocycles. The summed E-state index contributed by atoms with van der Waals surface area (Å²) in [5.74, 6) is -1.90. The van der Waals surface area contributed by atoms with Crippen LogP contribution in [-0.2, 0) is 10.9 Å². The van der Waals surface area contributed by atoms with Gasteiger partial charge in [0.05, 0.1) is 34.8 Å². The minimum Gasteiger partial charge on any atom is -0.464 e. The number of hydrogen-bond acceptors (Lipinski definition) is 6. The highest BCUT2D eigenvalue weighted by molar-refractivity contribution is 6.35. The van der Waals surface area contributed by atoms with Crippen LogP contribution in [0, 0.1) is 0 Å². The van der Waals surface area contributed by atoms with E-state index in [0.717, 1.165) is 25.4 Å². The lowest BCUT2D eigenvalue weighted by atomic mass is 10.1. The zero-order valence-corrected chi connectivity index (χ0v) is 16.6. The Labute approximate surface area is 179 Å². The van der Waals surface area contributed by atoms with Gasteiger partial charge in [-0.25, -0.2) is 9.78 Å². The van der Waals surface area contributed by atoms with E-state index >= 15 is 0 Å². The van der Waals surface area contributed by atoms with Crippen molar-refractivity contribution in [3.8, 4) is 11.3 Å². The monoisotopic (exact) mass is 450 g/mol. The van der Waals surface area contributed by atoms with Crippen LogP contribution in [0.3, 0.4) is 0 Å². The van der Waals surface area contributed by atoms with Crippen LogP contribution in [-0.4, -0.2) is 29.0 Å². The number of hydrogen-bond donors (Lipinski definition) is 2. The fraction of sp³-hybridized carbons (Fsp3) is 0.100. The number of halogens is 4. The molecule has 3 aromatic rings. The number of aromatic nitrogens is 2. The fourth-order valence-electron chi connectivity index (χ4n) is 2.73. The first-order chi connectivity index (χ1) is 14.6. The molecule has 0 aliphatic carbocycles. The second-order valence-corrected chi connectivity index (χ2v) is 6.53. The number of carbonyl (C=O) groups is 2. The van der Waals surface area contributed by atoms with Crippen LogP contribution in [0.4, 0.5) is 24.5 Å². The number of nitrogens with two attached hydrogens (primary N) is 1. The summed E-state index contributed by atoms with van der Waals surface area (Å²) in [7, 11) is 1.14. The molecule has 1 aromatic carbocycles. The van der Waals surface area contributed by atoms with Crippen molar-refractivity contribution in [2.45, 2.75) is 6.18 Å². The molecule has 0 unspecified atom stereocenters. The Morgan fingerprint density at radius 1 is 1.13 bits per heavy atom. The number of alkyl halides is 3. The summed E-state index contributed by atoms with van der Waals surface area (Å²) in [6.07, 6.45) is -3.68. The molecule has 3 rings (SSSR count). The third-order valence-electron chi connectivity index (χ3n) is 4.14. The quantitative estimate of drug-likeness (QED) is 0.569. The van der Waals surface area contributed by atoms with Gasteiger partial charge in [0.15, 0.2) is 5.69 Å². The van der Waals surface area contributed by atoms with Crippen LogP contribution in [0.1, 0.15) is 26.5 Å². The van der Waals surface area contributed by atoms with Gasteiger partial charge in [0.25, 0.3) is 5.91 Å². The average Bonchev–Trinajstić information content (AvgIpc) is 2.74. The predicted octanol–water partition coefficient (Wildman–Crippen LogP) is 4.44. The van der Waals surface area contributed by atoms with E-state index in [1.54, 1.807) is 12.1 Å². The van der Waals surface area contributed by atoms with E-state index in [0.29, 0.717) is 0 Å². The van der Waals surface area contributed by atoms with Gasteiger partial charge in [-0.05, 0) is 24.3 Å². The molecule has 11 heteroatoms. The Morgan fingerprint density at radius 3 is 2.52 bits per heavy atom. The average molecular weight is 451 g/mol. The number of amides is 1. The number of methoxy groups -OCH3 is 1. The molecule has 0 spiro atoms. The predicted molar refractivity (Wildman–Crippen MR) is 108 cm³/mol. The highest BCUT2D eigenvalue weighted by Gasteiger charge is 2.36. The largest absolute Gasteiger partial charge is 0.464 e. The summed E-state index contributed by atoms with van der Waals surface area (Å²) in [4.78, 5) is 32.2. The molecule has 0 radical (unpaired) electrons. The van der Waals surface area contributed by atoms with Gasteiger partial charge in [0, 0.05) is 11.8 Å². The van der Waals surface area contributed by atoms with Crippen molar-refractivity contribution in [3.05, 3.63) is 70.6 Å². The maximum Gasteiger partial charge on any atom is 0.418 e. The summed E-state index contributed by atoms with van der Waals surface area (Å²) in [6, 6.07) is 9.37. The number of nitrogens with one attached hydrogen (secondary N) is 1. The fourth-order valence-corrected chi connectivity index (χ4v) is 2.91. The molecule has 2 aromatic heterocycles. The Bertz CT molecular complexity index is 1170. The Balaban J connectivity index is 2.05. The van der Waals surface area contributed by atoms with Crippen molar-refractivity contribution >= 4 is 34.9 Å². The molecule has 7 nitrogen and oxygen atoms in total. The van der Waals surface area contributed by atoms with Gasteiger partial charge in [-0.1, -0.05) is 29.8 Å². The highest BCUT2D eigenvalue weighted by atomic mass is 35.5.